The molecule has 122 valence electrons. The molecule has 3 rings (SSSR count). The van der Waals surface area contributed by atoms with Crippen LogP contribution in [0.15, 0.2) is 23.1 Å². The molecule has 3 heterocycles. The van der Waals surface area contributed by atoms with Gasteiger partial charge in [0.15, 0.2) is 5.82 Å². The van der Waals surface area contributed by atoms with E-state index in [0.717, 1.165) is 6.07 Å². The Hall–Kier alpha value is -2.06. The van der Waals surface area contributed by atoms with Crippen LogP contribution in [-0.2, 0) is 0 Å². The Labute approximate surface area is 135 Å². The summed E-state index contributed by atoms with van der Waals surface area (Å²) in [7, 11) is 0. The highest BCUT2D eigenvalue weighted by molar-refractivity contribution is 6.32. The number of hydrogen-bond acceptors (Lipinski definition) is 5. The molecule has 0 amide bonds. The van der Waals surface area contributed by atoms with Gasteiger partial charge in [-0.25, -0.2) is 14.4 Å². The lowest BCUT2D eigenvalue weighted by Gasteiger charge is -2.23. The van der Waals surface area contributed by atoms with Crippen LogP contribution in [0, 0.1) is 5.95 Å². The van der Waals surface area contributed by atoms with Crippen LogP contribution >= 0.6 is 11.6 Å². The van der Waals surface area contributed by atoms with E-state index in [-0.39, 0.29) is 29.8 Å². The number of halogens is 3. The zero-order valence-electron chi connectivity index (χ0n) is 12.0. The summed E-state index contributed by atoms with van der Waals surface area (Å²) in [6.07, 6.45) is 0.170. The van der Waals surface area contributed by atoms with Crippen molar-refractivity contribution in [2.24, 2.45) is 0 Å². The van der Waals surface area contributed by atoms with Crippen molar-refractivity contribution < 1.29 is 8.78 Å². The molecule has 6 nitrogen and oxygen atoms in total. The normalized spacial score (nSPS) is 18.7. The van der Waals surface area contributed by atoms with E-state index in [2.05, 4.69) is 20.3 Å². The summed E-state index contributed by atoms with van der Waals surface area (Å²) in [5.74, 6) is -0.346. The number of nitrogens with zero attached hydrogens (tertiary/aromatic N) is 3. The van der Waals surface area contributed by atoms with E-state index in [1.54, 1.807) is 4.90 Å². The van der Waals surface area contributed by atoms with Crippen molar-refractivity contribution in [2.45, 2.75) is 6.17 Å². The number of anilines is 1. The summed E-state index contributed by atoms with van der Waals surface area (Å²) in [5, 5.41) is 2.84. The highest BCUT2D eigenvalue weighted by atomic mass is 35.5. The molecule has 0 spiro atoms. The highest BCUT2D eigenvalue weighted by Gasteiger charge is 2.22. The SMILES string of the molecule is O=c1[nH]c(-c2ccnc(F)c2)nc(N2CCNCC(F)C2)c1Cl. The van der Waals surface area contributed by atoms with Gasteiger partial charge >= 0.3 is 0 Å². The van der Waals surface area contributed by atoms with E-state index >= 15 is 0 Å². The fourth-order valence-corrected chi connectivity index (χ4v) is 2.61. The Balaban J connectivity index is 2.05. The topological polar surface area (TPSA) is 73.9 Å². The first-order valence-corrected chi connectivity index (χ1v) is 7.44. The van der Waals surface area contributed by atoms with Gasteiger partial charge in [-0.1, -0.05) is 11.6 Å². The van der Waals surface area contributed by atoms with Crippen LogP contribution in [-0.4, -0.2) is 47.3 Å². The van der Waals surface area contributed by atoms with Crippen molar-refractivity contribution in [3.63, 3.8) is 0 Å². The van der Waals surface area contributed by atoms with Gasteiger partial charge in [0.2, 0.25) is 5.95 Å². The summed E-state index contributed by atoms with van der Waals surface area (Å²) in [4.78, 5) is 23.9. The lowest BCUT2D eigenvalue weighted by molar-refractivity contribution is 0.337. The zero-order valence-corrected chi connectivity index (χ0v) is 12.8. The maximum absolute atomic E-state index is 13.8. The molecule has 0 aliphatic carbocycles. The Morgan fingerprint density at radius 2 is 2.26 bits per heavy atom. The van der Waals surface area contributed by atoms with Gasteiger partial charge in [0.05, 0.1) is 6.54 Å². The monoisotopic (exact) mass is 341 g/mol. The van der Waals surface area contributed by atoms with Crippen LogP contribution in [0.1, 0.15) is 0 Å². The predicted molar refractivity (Wildman–Crippen MR) is 83.0 cm³/mol. The average molecular weight is 342 g/mol. The predicted octanol–water partition coefficient (Wildman–Crippen LogP) is 1.37. The van der Waals surface area contributed by atoms with E-state index in [9.17, 15) is 13.6 Å². The molecule has 0 aromatic carbocycles. The minimum atomic E-state index is -1.10. The van der Waals surface area contributed by atoms with Gasteiger partial charge in [-0.3, -0.25) is 4.79 Å². The van der Waals surface area contributed by atoms with Gasteiger partial charge in [0, 0.05) is 37.5 Å². The molecular weight excluding hydrogens is 328 g/mol. The minimum Gasteiger partial charge on any atom is -0.351 e. The maximum Gasteiger partial charge on any atom is 0.272 e. The number of hydrogen-bond donors (Lipinski definition) is 2. The van der Waals surface area contributed by atoms with E-state index < -0.39 is 17.7 Å². The van der Waals surface area contributed by atoms with E-state index in [1.807, 2.05) is 0 Å². The number of alkyl halides is 1. The van der Waals surface area contributed by atoms with Crippen molar-refractivity contribution >= 4 is 17.4 Å². The molecule has 1 atom stereocenters. The molecule has 0 bridgehead atoms. The molecule has 9 heteroatoms. The van der Waals surface area contributed by atoms with Gasteiger partial charge < -0.3 is 15.2 Å². The standard InChI is InChI=1S/C14H14ClF2N5O/c15-11-13(22-4-3-18-6-9(16)7-22)20-12(21-14(11)23)8-1-2-19-10(17)5-8/h1-2,5,9,18H,3-4,6-7H2,(H,20,21,23). The quantitative estimate of drug-likeness (QED) is 0.807. The number of aromatic nitrogens is 3. The summed E-state index contributed by atoms with van der Waals surface area (Å²) in [6, 6.07) is 2.67. The van der Waals surface area contributed by atoms with Crippen LogP contribution in [0.3, 0.4) is 0 Å². The Kier molecular flexibility index (Phi) is 4.53. The van der Waals surface area contributed by atoms with Gasteiger partial charge in [0.1, 0.15) is 17.0 Å². The Morgan fingerprint density at radius 1 is 1.43 bits per heavy atom. The lowest BCUT2D eigenvalue weighted by atomic mass is 10.2. The van der Waals surface area contributed by atoms with Gasteiger partial charge in [-0.05, 0) is 6.07 Å². The van der Waals surface area contributed by atoms with Crippen molar-refractivity contribution in [3.05, 3.63) is 39.7 Å². The second kappa shape index (κ2) is 6.59. The zero-order chi connectivity index (χ0) is 16.4. The summed E-state index contributed by atoms with van der Waals surface area (Å²) >= 11 is 6.04. The molecule has 0 saturated carbocycles. The van der Waals surface area contributed by atoms with Gasteiger partial charge in [0.25, 0.3) is 5.56 Å². The molecular formula is C14H14ClF2N5O. The maximum atomic E-state index is 13.8. The van der Waals surface area contributed by atoms with E-state index in [0.29, 0.717) is 18.7 Å². The second-order valence-corrected chi connectivity index (χ2v) is 5.54. The molecule has 1 fully saturated rings. The molecule has 2 aromatic heterocycles. The molecule has 0 radical (unpaired) electrons. The van der Waals surface area contributed by atoms with Crippen molar-refractivity contribution in [2.75, 3.05) is 31.1 Å². The molecule has 23 heavy (non-hydrogen) atoms. The smallest absolute Gasteiger partial charge is 0.272 e. The molecule has 2 aromatic rings. The van der Waals surface area contributed by atoms with Crippen LogP contribution in [0.4, 0.5) is 14.6 Å². The third-order valence-electron chi connectivity index (χ3n) is 3.49. The lowest BCUT2D eigenvalue weighted by Crippen LogP contribution is -2.33. The third kappa shape index (κ3) is 3.48. The number of rotatable bonds is 2. The van der Waals surface area contributed by atoms with Gasteiger partial charge in [-0.15, -0.1) is 0 Å². The van der Waals surface area contributed by atoms with Crippen LogP contribution in [0.5, 0.6) is 0 Å². The first kappa shape index (κ1) is 15.8. The Morgan fingerprint density at radius 3 is 3.04 bits per heavy atom. The molecule has 1 aliphatic rings. The Bertz CT molecular complexity index is 769. The first-order valence-electron chi connectivity index (χ1n) is 7.06. The van der Waals surface area contributed by atoms with E-state index in [4.69, 9.17) is 11.6 Å². The van der Waals surface area contributed by atoms with Crippen LogP contribution in [0.2, 0.25) is 5.02 Å². The minimum absolute atomic E-state index is 0.0767. The third-order valence-corrected chi connectivity index (χ3v) is 3.83. The summed E-state index contributed by atoms with van der Waals surface area (Å²) in [5.41, 5.74) is -0.200. The number of pyridine rings is 1. The van der Waals surface area contributed by atoms with Gasteiger partial charge in [-0.2, -0.15) is 4.39 Å². The van der Waals surface area contributed by atoms with Crippen molar-refractivity contribution in [1.29, 1.82) is 0 Å². The van der Waals surface area contributed by atoms with Crippen LogP contribution in [0.25, 0.3) is 11.4 Å². The largest absolute Gasteiger partial charge is 0.351 e. The summed E-state index contributed by atoms with van der Waals surface area (Å²) in [6.45, 7) is 1.32. The fraction of sp³-hybridized carbons (Fsp3) is 0.357. The molecule has 1 saturated heterocycles. The number of nitrogens with one attached hydrogen (secondary N) is 2. The second-order valence-electron chi connectivity index (χ2n) is 5.17. The van der Waals surface area contributed by atoms with Crippen LogP contribution < -0.4 is 15.8 Å². The number of H-pyrrole nitrogens is 1. The first-order chi connectivity index (χ1) is 11.0. The van der Waals surface area contributed by atoms with Crippen molar-refractivity contribution in [3.8, 4) is 11.4 Å². The molecule has 1 unspecified atom stereocenters. The van der Waals surface area contributed by atoms with E-state index in [1.165, 1.54) is 12.3 Å². The molecule has 2 N–H and O–H groups in total. The average Bonchev–Trinajstić information content (AvgIpc) is 2.74. The number of aromatic amines is 1. The summed E-state index contributed by atoms with van der Waals surface area (Å²) < 4.78 is 27.0. The molecule has 1 aliphatic heterocycles. The highest BCUT2D eigenvalue weighted by Crippen LogP contribution is 2.24. The van der Waals surface area contributed by atoms with Crippen molar-refractivity contribution in [1.82, 2.24) is 20.3 Å². The fourth-order valence-electron chi connectivity index (χ4n) is 2.40.